The zero-order valence-corrected chi connectivity index (χ0v) is 48.7. The first kappa shape index (κ1) is 69.2. The van der Waals surface area contributed by atoms with E-state index < -0.39 is 14.3 Å². The summed E-state index contributed by atoms with van der Waals surface area (Å²) < 4.78 is 33.4. The number of thiol groups is 5. The zero-order valence-electron chi connectivity index (χ0n) is 42.5. The lowest BCUT2D eigenvalue weighted by Gasteiger charge is -2.09. The fourth-order valence-electron chi connectivity index (χ4n) is 4.14. The average Bonchev–Trinajstić information content (AvgIpc) is 3.31. The second-order valence-corrected chi connectivity index (χ2v) is 23.8. The summed E-state index contributed by atoms with van der Waals surface area (Å²) in [4.78, 5) is 4.68. The summed E-state index contributed by atoms with van der Waals surface area (Å²) in [5.74, 6) is 2.11. The molecule has 0 aromatic heterocycles. The van der Waals surface area contributed by atoms with Gasteiger partial charge in [0.1, 0.15) is 50.0 Å². The topological polar surface area (TPSA) is 93.1 Å². The second kappa shape index (κ2) is 43.9. The Kier molecular flexibility index (Phi) is 44.1. The van der Waals surface area contributed by atoms with Crippen molar-refractivity contribution in [1.82, 2.24) is 0 Å². The van der Waals surface area contributed by atoms with Crippen molar-refractivity contribution in [3.05, 3.63) is 199 Å². The predicted molar refractivity (Wildman–Crippen MR) is 318 cm³/mol. The number of phenolic OH excluding ortho intramolecular Hbond substituents is 2. The van der Waals surface area contributed by atoms with Crippen LogP contribution in [0.3, 0.4) is 0 Å². The summed E-state index contributed by atoms with van der Waals surface area (Å²) in [6.07, 6.45) is 0.598. The minimum Gasteiger partial charge on any atom is -0.508 e. The number of benzene rings is 7. The highest BCUT2D eigenvalue weighted by molar-refractivity contribution is 7.81. The highest BCUT2D eigenvalue weighted by atomic mass is 32.1. The maximum Gasteiger partial charge on any atom is 0.140 e. The Morgan fingerprint density at radius 3 is 0.870 bits per heavy atom. The Labute approximate surface area is 444 Å². The van der Waals surface area contributed by atoms with Gasteiger partial charge in [-0.25, -0.2) is 0 Å². The zero-order chi connectivity index (χ0) is 53.1. The molecule has 0 fully saturated rings. The standard InChI is InChI=1S/C10H15O2P.C9H13O2PS.C7H8O.C6H6OS.3C6H6S.3C2H6/c1-9-5-4-6-10(7-9)12-8-13(2,3)11;1-12(2,10)7-11-8-4-3-5-9(13)6-8;1-6-3-2-4-7(8)5-6;7-5-2-1-3-6(8)4-5;3*7-6-4-2-1-3-5-6;3*1-2/h4-7H,8H2,1-3H3;3-6,13H,7H2,1-2H3;2-5,8H,1H3;1-4,7-8H;3*1-5,7H;3*1-2H3. The van der Waals surface area contributed by atoms with E-state index in [1.165, 1.54) is 0 Å². The van der Waals surface area contributed by atoms with Gasteiger partial charge in [-0.1, -0.05) is 133 Å². The van der Waals surface area contributed by atoms with Crippen molar-refractivity contribution in [3.63, 3.8) is 0 Å². The number of hydrogen-bond donors (Lipinski definition) is 7. The number of aryl methyl sites for hydroxylation is 2. The molecule has 378 valence electrons. The smallest absolute Gasteiger partial charge is 0.140 e. The largest absolute Gasteiger partial charge is 0.508 e. The van der Waals surface area contributed by atoms with E-state index >= 15 is 0 Å². The van der Waals surface area contributed by atoms with Crippen LogP contribution in [-0.4, -0.2) is 49.6 Å². The van der Waals surface area contributed by atoms with Crippen molar-refractivity contribution in [2.45, 2.75) is 79.9 Å². The lowest BCUT2D eigenvalue weighted by Crippen LogP contribution is -1.96. The van der Waals surface area contributed by atoms with Crippen LogP contribution in [0.15, 0.2) is 213 Å². The molecule has 0 heterocycles. The molecule has 0 amide bonds. The van der Waals surface area contributed by atoms with Crippen LogP contribution in [-0.2, 0) is 9.13 Å². The Balaban J connectivity index is -0.000000733. The van der Waals surface area contributed by atoms with Crippen LogP contribution in [0.2, 0.25) is 0 Å². The highest BCUT2D eigenvalue weighted by Crippen LogP contribution is 2.36. The third-order valence-corrected chi connectivity index (χ3v) is 9.94. The van der Waals surface area contributed by atoms with E-state index in [2.05, 4.69) is 63.1 Å². The first-order chi connectivity index (χ1) is 32.7. The average molecular weight is 1070 g/mol. The van der Waals surface area contributed by atoms with Crippen molar-refractivity contribution < 1.29 is 28.8 Å². The second-order valence-electron chi connectivity index (χ2n) is 14.4. The van der Waals surface area contributed by atoms with Crippen LogP contribution in [0.25, 0.3) is 0 Å². The van der Waals surface area contributed by atoms with Gasteiger partial charge in [-0.05, 0) is 149 Å². The molecule has 7 aromatic rings. The molecule has 0 bridgehead atoms. The van der Waals surface area contributed by atoms with Gasteiger partial charge in [0.15, 0.2) is 0 Å². The van der Waals surface area contributed by atoms with Gasteiger partial charge in [0.2, 0.25) is 0 Å². The van der Waals surface area contributed by atoms with Gasteiger partial charge < -0.3 is 28.8 Å². The Morgan fingerprint density at radius 2 is 0.638 bits per heavy atom. The van der Waals surface area contributed by atoms with E-state index in [-0.39, 0.29) is 12.1 Å². The van der Waals surface area contributed by atoms with Crippen molar-refractivity contribution in [2.75, 3.05) is 39.4 Å². The summed E-state index contributed by atoms with van der Waals surface area (Å²) in [6.45, 7) is 22.8. The lowest BCUT2D eigenvalue weighted by atomic mass is 10.2. The van der Waals surface area contributed by atoms with E-state index in [9.17, 15) is 9.13 Å². The molecule has 0 saturated carbocycles. The molecule has 0 aliphatic heterocycles. The third kappa shape index (κ3) is 47.4. The monoisotopic (exact) mass is 1070 g/mol. The van der Waals surface area contributed by atoms with Gasteiger partial charge >= 0.3 is 0 Å². The van der Waals surface area contributed by atoms with E-state index in [4.69, 9.17) is 19.7 Å². The quantitative estimate of drug-likeness (QED) is 0.0663. The fraction of sp³-hybridized carbons (Fsp3) is 0.250. The number of phenols is 2. The molecule has 0 saturated heterocycles. The van der Waals surface area contributed by atoms with E-state index in [1.54, 1.807) is 63.1 Å². The van der Waals surface area contributed by atoms with Crippen LogP contribution < -0.4 is 9.47 Å². The minimum atomic E-state index is -2.09. The Bertz CT molecular complexity index is 2130. The van der Waals surface area contributed by atoms with Crippen molar-refractivity contribution in [1.29, 1.82) is 0 Å². The van der Waals surface area contributed by atoms with Crippen LogP contribution in [0.1, 0.15) is 52.7 Å². The third-order valence-electron chi connectivity index (χ3n) is 6.99. The summed E-state index contributed by atoms with van der Waals surface area (Å²) in [5.41, 5.74) is 2.24. The van der Waals surface area contributed by atoms with Crippen LogP contribution >= 0.6 is 77.4 Å². The molecule has 2 N–H and O–H groups in total. The SMILES string of the molecule is CC.CC.CC.CP(C)(=O)COc1cccc(S)c1.Cc1cccc(O)c1.Cc1cccc(OCP(C)(C)=O)c1.Oc1cccc(S)c1.Sc1ccccc1.Sc1ccccc1.Sc1ccccc1. The molecule has 6 nitrogen and oxygen atoms in total. The van der Waals surface area contributed by atoms with Crippen molar-refractivity contribution in [2.24, 2.45) is 0 Å². The van der Waals surface area contributed by atoms with Crippen LogP contribution in [0.5, 0.6) is 23.0 Å². The predicted octanol–water partition coefficient (Wildman–Crippen LogP) is 18.3. The Hall–Kier alpha value is -4.05. The van der Waals surface area contributed by atoms with Gasteiger partial charge in [-0.15, -0.1) is 63.1 Å². The van der Waals surface area contributed by atoms with Crippen LogP contribution in [0, 0.1) is 13.8 Å². The number of ether oxygens (including phenoxy) is 2. The van der Waals surface area contributed by atoms with Gasteiger partial charge in [0.25, 0.3) is 0 Å². The van der Waals surface area contributed by atoms with Gasteiger partial charge in [-0.2, -0.15) is 0 Å². The van der Waals surface area contributed by atoms with Gasteiger partial charge in [-0.3, -0.25) is 0 Å². The molecular weight excluding hydrogens is 991 g/mol. The molecular formula is C56H78O6P2S5. The maximum absolute atomic E-state index is 11.3. The maximum atomic E-state index is 11.3. The minimum absolute atomic E-state index is 0.262. The molecule has 0 atom stereocenters. The summed E-state index contributed by atoms with van der Waals surface area (Å²) in [6, 6.07) is 58.4. The van der Waals surface area contributed by atoms with Gasteiger partial charge in [0.05, 0.1) is 0 Å². The molecule has 13 heteroatoms. The molecule has 0 aliphatic rings. The van der Waals surface area contributed by atoms with Crippen molar-refractivity contribution >= 4 is 77.4 Å². The molecule has 7 rings (SSSR count). The highest BCUT2D eigenvalue weighted by Gasteiger charge is 2.08. The molecule has 0 spiro atoms. The first-order valence-electron chi connectivity index (χ1n) is 22.4. The van der Waals surface area contributed by atoms with E-state index in [0.29, 0.717) is 12.1 Å². The van der Waals surface area contributed by atoms with E-state index in [1.807, 2.05) is 207 Å². The Morgan fingerprint density at radius 1 is 0.362 bits per heavy atom. The molecule has 0 aliphatic carbocycles. The molecule has 0 radical (unpaired) electrons. The number of hydrogen-bond acceptors (Lipinski definition) is 11. The number of aromatic hydroxyl groups is 2. The normalized spacial score (nSPS) is 9.29. The molecule has 69 heavy (non-hydrogen) atoms. The summed E-state index contributed by atoms with van der Waals surface area (Å²) >= 11 is 20.4. The summed E-state index contributed by atoms with van der Waals surface area (Å²) in [7, 11) is -4.16. The van der Waals surface area contributed by atoms with Crippen molar-refractivity contribution in [3.8, 4) is 23.0 Å². The summed E-state index contributed by atoms with van der Waals surface area (Å²) in [5, 5.41) is 17.6. The number of rotatable bonds is 6. The first-order valence-corrected chi connectivity index (χ1v) is 30.2. The molecule has 0 unspecified atom stereocenters. The van der Waals surface area contributed by atoms with Crippen LogP contribution in [0.4, 0.5) is 0 Å². The fourth-order valence-corrected chi connectivity index (χ4v) is 6.01. The molecule has 7 aromatic carbocycles. The van der Waals surface area contributed by atoms with E-state index in [0.717, 1.165) is 47.1 Å². The lowest BCUT2D eigenvalue weighted by molar-refractivity contribution is 0.377. The van der Waals surface area contributed by atoms with Gasteiger partial charge in [0, 0.05) is 24.5 Å².